The molecule has 0 saturated heterocycles. The Bertz CT molecular complexity index is 391. The van der Waals surface area contributed by atoms with E-state index in [1.165, 1.54) is 96.3 Å². The van der Waals surface area contributed by atoms with Gasteiger partial charge in [0, 0.05) is 6.54 Å². The number of hydrogen-bond acceptors (Lipinski definition) is 3. The molecule has 0 aromatic rings. The summed E-state index contributed by atoms with van der Waals surface area (Å²) >= 11 is 0. The minimum absolute atomic E-state index is 0. The summed E-state index contributed by atoms with van der Waals surface area (Å²) in [5.74, 6) is -0.164. The summed E-state index contributed by atoms with van der Waals surface area (Å²) in [5.41, 5.74) is 0. The van der Waals surface area contributed by atoms with Gasteiger partial charge in [-0.3, -0.25) is 4.55 Å². The Labute approximate surface area is 212 Å². The van der Waals surface area contributed by atoms with Gasteiger partial charge in [-0.05, 0) is 20.0 Å². The second-order valence-corrected chi connectivity index (χ2v) is 9.46. The number of unbranched alkanes of at least 4 members (excludes halogenated alkanes) is 15. The fourth-order valence-electron chi connectivity index (χ4n) is 3.31. The third-order valence-electron chi connectivity index (χ3n) is 5.12. The molecule has 0 amide bonds. The van der Waals surface area contributed by atoms with Crippen LogP contribution < -0.4 is 0 Å². The summed E-state index contributed by atoms with van der Waals surface area (Å²) in [4.78, 5) is 1.98. The molecule has 0 aliphatic carbocycles. The van der Waals surface area contributed by atoms with Crippen LogP contribution in [0, 0.1) is 0 Å². The van der Waals surface area contributed by atoms with Crippen LogP contribution in [0.2, 0.25) is 0 Å². The molecule has 0 bridgehead atoms. The van der Waals surface area contributed by atoms with Crippen molar-refractivity contribution in [2.45, 2.75) is 110 Å². The van der Waals surface area contributed by atoms with Crippen molar-refractivity contribution in [2.24, 2.45) is 0 Å². The second kappa shape index (κ2) is 22.2. The van der Waals surface area contributed by atoms with Crippen molar-refractivity contribution in [3.8, 4) is 0 Å². The Morgan fingerprint density at radius 3 is 1.30 bits per heavy atom. The molecule has 0 aliphatic heterocycles. The summed E-state index contributed by atoms with van der Waals surface area (Å²) in [6, 6.07) is 0. The molecule has 0 heterocycles. The molecule has 160 valence electrons. The van der Waals surface area contributed by atoms with Gasteiger partial charge in [0.25, 0.3) is 10.1 Å². The fraction of sp³-hybridized carbons (Fsp3) is 1.00. The summed E-state index contributed by atoms with van der Waals surface area (Å²) in [7, 11) is -1.91. The van der Waals surface area contributed by atoms with Crippen LogP contribution in [0.15, 0.2) is 0 Å². The van der Waals surface area contributed by atoms with Crippen LogP contribution >= 0.6 is 0 Å². The summed E-state index contributed by atoms with van der Waals surface area (Å²) in [5, 5.41) is 0. The zero-order chi connectivity index (χ0) is 19.5. The molecular formula is C21H46KNO3S. The zero-order valence-corrected chi connectivity index (χ0v) is 18.4. The van der Waals surface area contributed by atoms with Crippen LogP contribution in [-0.2, 0) is 10.1 Å². The first-order chi connectivity index (χ1) is 12.5. The average Bonchev–Trinajstić information content (AvgIpc) is 2.59. The van der Waals surface area contributed by atoms with Crippen LogP contribution in [0.4, 0.5) is 0 Å². The third-order valence-corrected chi connectivity index (χ3v) is 5.82. The van der Waals surface area contributed by atoms with E-state index in [0.29, 0.717) is 6.54 Å². The first-order valence-corrected chi connectivity index (χ1v) is 12.7. The molecule has 6 heteroatoms. The first-order valence-electron chi connectivity index (χ1n) is 11.1. The Hall–Kier alpha value is 1.51. The Kier molecular flexibility index (Phi) is 25.2. The number of rotatable bonds is 20. The maximum absolute atomic E-state index is 10.7. The molecule has 0 atom stereocenters. The SMILES string of the molecule is CCCCCCCCCCCCCCCCCCN(C)CCS(=O)(=O)O.[KH]. The van der Waals surface area contributed by atoms with E-state index in [2.05, 4.69) is 6.92 Å². The molecule has 4 nitrogen and oxygen atoms in total. The maximum atomic E-state index is 10.7. The van der Waals surface area contributed by atoms with E-state index >= 15 is 0 Å². The minimum atomic E-state index is -3.82. The van der Waals surface area contributed by atoms with Crippen molar-refractivity contribution in [3.05, 3.63) is 0 Å². The van der Waals surface area contributed by atoms with Gasteiger partial charge in [0.05, 0.1) is 5.75 Å². The Balaban J connectivity index is 0. The monoisotopic (exact) mass is 431 g/mol. The van der Waals surface area contributed by atoms with Gasteiger partial charge in [0.15, 0.2) is 0 Å². The van der Waals surface area contributed by atoms with Crippen LogP contribution in [0.5, 0.6) is 0 Å². The van der Waals surface area contributed by atoms with Gasteiger partial charge >= 0.3 is 51.4 Å². The standard InChI is InChI=1S/C21H45NO3S.K.H/c1-3-4-5-6-7-8-9-10-11-12-13-14-15-16-17-18-19-22(2)20-21-26(23,24)25;;/h3-21H2,1-2H3,(H,23,24,25);;. The number of nitrogens with zero attached hydrogens (tertiary/aromatic N) is 1. The van der Waals surface area contributed by atoms with Crippen molar-refractivity contribution >= 4 is 61.5 Å². The first kappa shape index (κ1) is 30.7. The molecule has 0 fully saturated rings. The van der Waals surface area contributed by atoms with Crippen molar-refractivity contribution in [1.29, 1.82) is 0 Å². The summed E-state index contributed by atoms with van der Waals surface area (Å²) in [6.45, 7) is 3.60. The molecule has 0 radical (unpaired) electrons. The molecule has 27 heavy (non-hydrogen) atoms. The predicted octanol–water partition coefficient (Wildman–Crippen LogP) is 5.42. The van der Waals surface area contributed by atoms with Gasteiger partial charge in [0.1, 0.15) is 0 Å². The van der Waals surface area contributed by atoms with Crippen molar-refractivity contribution in [3.63, 3.8) is 0 Å². The Morgan fingerprint density at radius 2 is 0.963 bits per heavy atom. The van der Waals surface area contributed by atoms with Gasteiger partial charge in [-0.2, -0.15) is 8.42 Å². The van der Waals surface area contributed by atoms with Crippen LogP contribution in [-0.4, -0.2) is 95.1 Å². The van der Waals surface area contributed by atoms with Crippen LogP contribution in [0.3, 0.4) is 0 Å². The fourth-order valence-corrected chi connectivity index (χ4v) is 3.86. The van der Waals surface area contributed by atoms with E-state index in [1.807, 2.05) is 11.9 Å². The van der Waals surface area contributed by atoms with E-state index in [-0.39, 0.29) is 57.1 Å². The Morgan fingerprint density at radius 1 is 0.630 bits per heavy atom. The van der Waals surface area contributed by atoms with Gasteiger partial charge in [-0.15, -0.1) is 0 Å². The molecule has 0 aromatic carbocycles. The normalized spacial score (nSPS) is 11.7. The van der Waals surface area contributed by atoms with E-state index in [9.17, 15) is 8.42 Å². The summed E-state index contributed by atoms with van der Waals surface area (Å²) in [6.07, 6.45) is 21.8. The molecule has 1 N–H and O–H groups in total. The molecule has 0 unspecified atom stereocenters. The van der Waals surface area contributed by atoms with Crippen LogP contribution in [0.1, 0.15) is 110 Å². The van der Waals surface area contributed by atoms with E-state index < -0.39 is 10.1 Å². The van der Waals surface area contributed by atoms with Gasteiger partial charge in [0.2, 0.25) is 0 Å². The van der Waals surface area contributed by atoms with Gasteiger partial charge < -0.3 is 4.90 Å². The van der Waals surface area contributed by atoms with Crippen molar-refractivity contribution in [2.75, 3.05) is 25.9 Å². The molecule has 0 rings (SSSR count). The number of hydrogen-bond donors (Lipinski definition) is 1. The molecule has 0 saturated carbocycles. The van der Waals surface area contributed by atoms with E-state index in [1.54, 1.807) is 0 Å². The zero-order valence-electron chi connectivity index (χ0n) is 17.6. The van der Waals surface area contributed by atoms with E-state index in [0.717, 1.165) is 13.0 Å². The summed E-state index contributed by atoms with van der Waals surface area (Å²) < 4.78 is 30.1. The van der Waals surface area contributed by atoms with Gasteiger partial charge in [-0.1, -0.05) is 103 Å². The molecule has 0 spiro atoms. The quantitative estimate of drug-likeness (QED) is 0.159. The molecular weight excluding hydrogens is 385 g/mol. The average molecular weight is 432 g/mol. The van der Waals surface area contributed by atoms with Crippen LogP contribution in [0.25, 0.3) is 0 Å². The molecule has 0 aliphatic rings. The van der Waals surface area contributed by atoms with Crippen molar-refractivity contribution < 1.29 is 13.0 Å². The third kappa shape index (κ3) is 27.5. The second-order valence-electron chi connectivity index (χ2n) is 7.89. The molecule has 0 aromatic heterocycles. The van der Waals surface area contributed by atoms with Gasteiger partial charge in [-0.25, -0.2) is 0 Å². The van der Waals surface area contributed by atoms with Crippen molar-refractivity contribution in [1.82, 2.24) is 4.90 Å². The predicted molar refractivity (Wildman–Crippen MR) is 121 cm³/mol. The topological polar surface area (TPSA) is 57.6 Å². The van der Waals surface area contributed by atoms with E-state index in [4.69, 9.17) is 4.55 Å².